The largest absolute Gasteiger partial charge is 0.465 e. The van der Waals surface area contributed by atoms with Crippen LogP contribution >= 0.6 is 0 Å². The van der Waals surface area contributed by atoms with Gasteiger partial charge < -0.3 is 10.1 Å². The molecule has 1 atom stereocenters. The molecule has 1 amide bonds. The van der Waals surface area contributed by atoms with Crippen molar-refractivity contribution >= 4 is 17.7 Å². The van der Waals surface area contributed by atoms with E-state index >= 15 is 0 Å². The zero-order valence-electron chi connectivity index (χ0n) is 16.6. The number of amides is 1. The van der Waals surface area contributed by atoms with Crippen molar-refractivity contribution in [3.05, 3.63) is 48.2 Å². The highest BCUT2D eigenvalue weighted by atomic mass is 19.1. The quantitative estimate of drug-likeness (QED) is 0.735. The molecule has 1 aliphatic heterocycles. The van der Waals surface area contributed by atoms with Gasteiger partial charge in [-0.2, -0.15) is 0 Å². The highest BCUT2D eigenvalue weighted by molar-refractivity contribution is 5.91. The van der Waals surface area contributed by atoms with Gasteiger partial charge in [0.1, 0.15) is 17.5 Å². The third-order valence-electron chi connectivity index (χ3n) is 6.13. The maximum absolute atomic E-state index is 13.4. The average Bonchev–Trinajstić information content (AvgIpc) is 2.74. The van der Waals surface area contributed by atoms with Gasteiger partial charge in [0.2, 0.25) is 5.91 Å². The Morgan fingerprint density at radius 1 is 1.00 bits per heavy atom. The molecule has 1 unspecified atom stereocenters. The van der Waals surface area contributed by atoms with Crippen LogP contribution in [-0.4, -0.2) is 23.5 Å². The van der Waals surface area contributed by atoms with Gasteiger partial charge in [0.15, 0.2) is 0 Å². The maximum Gasteiger partial charge on any atom is 0.309 e. The molecule has 2 aliphatic rings. The van der Waals surface area contributed by atoms with E-state index in [1.54, 1.807) is 12.1 Å². The number of rotatable bonds is 4. The minimum absolute atomic E-state index is 0.0235. The van der Waals surface area contributed by atoms with Crippen LogP contribution in [0, 0.1) is 29.4 Å². The molecular weight excluding hydrogens is 390 g/mol. The van der Waals surface area contributed by atoms with Crippen molar-refractivity contribution < 1.29 is 23.1 Å². The van der Waals surface area contributed by atoms with Crippen molar-refractivity contribution in [1.82, 2.24) is 4.98 Å². The van der Waals surface area contributed by atoms with E-state index in [-0.39, 0.29) is 23.7 Å². The van der Waals surface area contributed by atoms with Crippen LogP contribution in [-0.2, 0) is 14.3 Å². The first-order valence-electron chi connectivity index (χ1n) is 10.4. The molecule has 1 N–H and O–H groups in total. The molecule has 0 spiro atoms. The predicted molar refractivity (Wildman–Crippen MR) is 107 cm³/mol. The van der Waals surface area contributed by atoms with Crippen LogP contribution < -0.4 is 5.32 Å². The summed E-state index contributed by atoms with van der Waals surface area (Å²) in [5.74, 6) is -0.916. The molecule has 2 aromatic rings. The average molecular weight is 414 g/mol. The van der Waals surface area contributed by atoms with Gasteiger partial charge in [-0.05, 0) is 74.3 Å². The number of esters is 1. The van der Waals surface area contributed by atoms with E-state index in [2.05, 4.69) is 10.3 Å². The Morgan fingerprint density at radius 3 is 2.37 bits per heavy atom. The van der Waals surface area contributed by atoms with Gasteiger partial charge in [-0.3, -0.25) is 9.59 Å². The molecule has 4 rings (SSSR count). The Balaban J connectivity index is 1.32. The second kappa shape index (κ2) is 8.90. The number of nitrogens with zero attached hydrogens (tertiary/aromatic N) is 1. The Morgan fingerprint density at radius 2 is 1.73 bits per heavy atom. The van der Waals surface area contributed by atoms with E-state index in [1.165, 1.54) is 18.3 Å². The van der Waals surface area contributed by atoms with Crippen LogP contribution in [0.15, 0.2) is 36.5 Å². The van der Waals surface area contributed by atoms with Crippen molar-refractivity contribution in [2.24, 2.45) is 17.8 Å². The topological polar surface area (TPSA) is 68.3 Å². The fraction of sp³-hybridized carbons (Fsp3) is 0.435. The van der Waals surface area contributed by atoms with Crippen LogP contribution in [0.5, 0.6) is 0 Å². The van der Waals surface area contributed by atoms with E-state index < -0.39 is 11.6 Å². The Labute approximate surface area is 173 Å². The number of ether oxygens (including phenoxy) is 1. The monoisotopic (exact) mass is 414 g/mol. The van der Waals surface area contributed by atoms with Crippen molar-refractivity contribution in [2.75, 3.05) is 11.9 Å². The van der Waals surface area contributed by atoms with Gasteiger partial charge in [0.25, 0.3) is 0 Å². The summed E-state index contributed by atoms with van der Waals surface area (Å²) >= 11 is 0. The third kappa shape index (κ3) is 4.66. The second-order valence-electron chi connectivity index (χ2n) is 8.11. The lowest BCUT2D eigenvalue weighted by atomic mass is 9.73. The maximum atomic E-state index is 13.4. The lowest BCUT2D eigenvalue weighted by Crippen LogP contribution is -2.35. The number of carbonyl (C=O) groups is 2. The molecule has 1 aromatic carbocycles. The normalized spacial score (nSPS) is 24.2. The molecule has 0 bridgehead atoms. The van der Waals surface area contributed by atoms with Gasteiger partial charge in [0.05, 0.1) is 12.5 Å². The molecule has 30 heavy (non-hydrogen) atoms. The Hall–Kier alpha value is -2.83. The first-order chi connectivity index (χ1) is 14.5. The van der Waals surface area contributed by atoms with Crippen LogP contribution in [0.2, 0.25) is 0 Å². The molecule has 2 heterocycles. The molecule has 1 saturated carbocycles. The van der Waals surface area contributed by atoms with Gasteiger partial charge >= 0.3 is 5.97 Å². The summed E-state index contributed by atoms with van der Waals surface area (Å²) < 4.78 is 32.0. The first kappa shape index (κ1) is 20.4. The van der Waals surface area contributed by atoms with Crippen molar-refractivity contribution in [3.63, 3.8) is 0 Å². The van der Waals surface area contributed by atoms with Crippen LogP contribution in [0.3, 0.4) is 0 Å². The smallest absolute Gasteiger partial charge is 0.309 e. The fourth-order valence-electron chi connectivity index (χ4n) is 4.50. The molecule has 7 heteroatoms. The molecular formula is C23H24F2N2O3. The van der Waals surface area contributed by atoms with E-state index in [0.717, 1.165) is 44.6 Å². The van der Waals surface area contributed by atoms with E-state index in [9.17, 15) is 18.4 Å². The number of pyridine rings is 1. The number of carbonyl (C=O) groups excluding carboxylic acids is 2. The Kier molecular flexibility index (Phi) is 6.06. The number of benzene rings is 1. The van der Waals surface area contributed by atoms with Crippen molar-refractivity contribution in [2.45, 2.75) is 38.5 Å². The molecule has 1 aliphatic carbocycles. The van der Waals surface area contributed by atoms with Crippen LogP contribution in [0.25, 0.3) is 11.1 Å². The standard InChI is InChI=1S/C23H24F2N2O3/c24-18-10-17(11-19(25)12-18)16-7-8-21(26-13-16)27-22(28)15-5-3-14(4-6-15)20-2-1-9-30-23(20)29/h7-8,10-15,20H,1-6,9H2,(H,26,27,28). The van der Waals surface area contributed by atoms with Crippen LogP contribution in [0.1, 0.15) is 38.5 Å². The summed E-state index contributed by atoms with van der Waals surface area (Å²) in [7, 11) is 0. The minimum atomic E-state index is -0.653. The summed E-state index contributed by atoms with van der Waals surface area (Å²) in [6, 6.07) is 6.58. The lowest BCUT2D eigenvalue weighted by Gasteiger charge is -2.33. The van der Waals surface area contributed by atoms with Gasteiger partial charge in [-0.1, -0.05) is 0 Å². The summed E-state index contributed by atoms with van der Waals surface area (Å²) in [5.41, 5.74) is 0.948. The van der Waals surface area contributed by atoms with Gasteiger partial charge in [0, 0.05) is 23.7 Å². The second-order valence-corrected chi connectivity index (χ2v) is 8.11. The predicted octanol–water partition coefficient (Wildman–Crippen LogP) is 4.72. The van der Waals surface area contributed by atoms with Crippen molar-refractivity contribution in [1.29, 1.82) is 0 Å². The number of nitrogens with one attached hydrogen (secondary N) is 1. The zero-order chi connectivity index (χ0) is 21.1. The number of cyclic esters (lactones) is 1. The molecule has 5 nitrogen and oxygen atoms in total. The Bertz CT molecular complexity index is 904. The minimum Gasteiger partial charge on any atom is -0.465 e. The van der Waals surface area contributed by atoms with E-state index in [1.807, 2.05) is 0 Å². The highest BCUT2D eigenvalue weighted by Crippen LogP contribution is 2.37. The fourth-order valence-corrected chi connectivity index (χ4v) is 4.50. The SMILES string of the molecule is O=C(Nc1ccc(-c2cc(F)cc(F)c2)cn1)C1CCC(C2CCCOC2=O)CC1. The lowest BCUT2D eigenvalue weighted by molar-refractivity contribution is -0.156. The number of hydrogen-bond acceptors (Lipinski definition) is 4. The number of halogens is 2. The number of aromatic nitrogens is 1. The number of hydrogen-bond donors (Lipinski definition) is 1. The van der Waals surface area contributed by atoms with Gasteiger partial charge in [-0.25, -0.2) is 13.8 Å². The van der Waals surface area contributed by atoms with E-state index in [4.69, 9.17) is 4.74 Å². The molecule has 158 valence electrons. The molecule has 1 saturated heterocycles. The van der Waals surface area contributed by atoms with Gasteiger partial charge in [-0.15, -0.1) is 0 Å². The molecule has 1 aromatic heterocycles. The highest BCUT2D eigenvalue weighted by Gasteiger charge is 2.36. The zero-order valence-corrected chi connectivity index (χ0v) is 16.6. The molecule has 0 radical (unpaired) electrons. The summed E-state index contributed by atoms with van der Waals surface area (Å²) in [5, 5.41) is 2.83. The van der Waals surface area contributed by atoms with Crippen LogP contribution in [0.4, 0.5) is 14.6 Å². The number of anilines is 1. The molecule has 2 fully saturated rings. The summed E-state index contributed by atoms with van der Waals surface area (Å²) in [4.78, 5) is 28.8. The third-order valence-corrected chi connectivity index (χ3v) is 6.13. The van der Waals surface area contributed by atoms with E-state index in [0.29, 0.717) is 29.5 Å². The summed E-state index contributed by atoms with van der Waals surface area (Å²) in [6.45, 7) is 0.521. The van der Waals surface area contributed by atoms with Crippen molar-refractivity contribution in [3.8, 4) is 11.1 Å². The summed E-state index contributed by atoms with van der Waals surface area (Å²) in [6.07, 6.45) is 6.44. The first-order valence-corrected chi connectivity index (χ1v) is 10.4.